The van der Waals surface area contributed by atoms with E-state index in [1.807, 2.05) is 17.8 Å². The summed E-state index contributed by atoms with van der Waals surface area (Å²) in [4.78, 5) is 0.00301. The van der Waals surface area contributed by atoms with Crippen LogP contribution in [-0.4, -0.2) is 24.7 Å². The van der Waals surface area contributed by atoms with Crippen molar-refractivity contribution in [3.05, 3.63) is 36.2 Å². The Morgan fingerprint density at radius 1 is 1.40 bits per heavy atom. The Hall–Kier alpha value is -2.06. The second kappa shape index (κ2) is 5.51. The minimum Gasteiger partial charge on any atom is -0.397 e. The molecule has 0 radical (unpaired) electrons. The van der Waals surface area contributed by atoms with Gasteiger partial charge in [-0.05, 0) is 30.7 Å². The largest absolute Gasteiger partial charge is 0.397 e. The summed E-state index contributed by atoms with van der Waals surface area (Å²) >= 11 is 0. The molecule has 0 amide bonds. The lowest BCUT2D eigenvalue weighted by Crippen LogP contribution is -2.14. The van der Waals surface area contributed by atoms with Crippen LogP contribution in [0.4, 0.5) is 11.4 Å². The zero-order valence-corrected chi connectivity index (χ0v) is 11.9. The van der Waals surface area contributed by atoms with Crippen molar-refractivity contribution in [3.63, 3.8) is 0 Å². The standard InChI is InChI=1S/C12H17N5O2S/c1-9-7-16-17(8-9)5-4-15-12-3-2-10(6-11(12)13)20(14,18)19/h2-3,6-8,15H,4-5,13H2,1H3,(H2,14,18,19). The lowest BCUT2D eigenvalue weighted by atomic mass is 10.2. The Kier molecular flexibility index (Phi) is 3.96. The second-order valence-electron chi connectivity index (χ2n) is 4.50. The average molecular weight is 295 g/mol. The van der Waals surface area contributed by atoms with Crippen LogP contribution < -0.4 is 16.2 Å². The SMILES string of the molecule is Cc1cnn(CCNc2ccc(S(N)(=O)=O)cc2N)c1. The lowest BCUT2D eigenvalue weighted by molar-refractivity contribution is 0.598. The Morgan fingerprint density at radius 3 is 2.70 bits per heavy atom. The van der Waals surface area contributed by atoms with E-state index in [0.717, 1.165) is 5.56 Å². The fourth-order valence-electron chi connectivity index (χ4n) is 1.77. The molecule has 108 valence electrons. The highest BCUT2D eigenvalue weighted by molar-refractivity contribution is 7.89. The monoisotopic (exact) mass is 295 g/mol. The predicted molar refractivity (Wildman–Crippen MR) is 77.7 cm³/mol. The van der Waals surface area contributed by atoms with E-state index < -0.39 is 10.0 Å². The van der Waals surface area contributed by atoms with Crippen molar-refractivity contribution < 1.29 is 8.42 Å². The molecule has 0 atom stereocenters. The molecule has 0 fully saturated rings. The summed E-state index contributed by atoms with van der Waals surface area (Å²) in [6.45, 7) is 3.28. The summed E-state index contributed by atoms with van der Waals surface area (Å²) in [6.07, 6.45) is 3.73. The molecule has 0 aliphatic carbocycles. The number of hydrogen-bond donors (Lipinski definition) is 3. The van der Waals surface area contributed by atoms with Gasteiger partial charge in [0, 0.05) is 12.7 Å². The maximum atomic E-state index is 11.2. The van der Waals surface area contributed by atoms with Gasteiger partial charge in [-0.1, -0.05) is 0 Å². The van der Waals surface area contributed by atoms with Crippen molar-refractivity contribution >= 4 is 21.4 Å². The van der Waals surface area contributed by atoms with Crippen molar-refractivity contribution in [3.8, 4) is 0 Å². The molecular formula is C12H17N5O2S. The minimum absolute atomic E-state index is 0.00301. The van der Waals surface area contributed by atoms with Crippen LogP contribution in [0.5, 0.6) is 0 Å². The van der Waals surface area contributed by atoms with Gasteiger partial charge < -0.3 is 11.1 Å². The molecule has 0 bridgehead atoms. The number of hydrogen-bond acceptors (Lipinski definition) is 5. The first kappa shape index (κ1) is 14.4. The summed E-state index contributed by atoms with van der Waals surface area (Å²) in [7, 11) is -3.72. The number of primary sulfonamides is 1. The van der Waals surface area contributed by atoms with E-state index in [-0.39, 0.29) is 4.90 Å². The van der Waals surface area contributed by atoms with Gasteiger partial charge in [0.1, 0.15) is 0 Å². The van der Waals surface area contributed by atoms with Gasteiger partial charge >= 0.3 is 0 Å². The topological polar surface area (TPSA) is 116 Å². The number of aryl methyl sites for hydroxylation is 1. The van der Waals surface area contributed by atoms with Gasteiger partial charge in [0.05, 0.1) is 29.0 Å². The Labute approximate surface area is 117 Å². The number of benzene rings is 1. The highest BCUT2D eigenvalue weighted by Gasteiger charge is 2.09. The van der Waals surface area contributed by atoms with Gasteiger partial charge in [-0.15, -0.1) is 0 Å². The predicted octanol–water partition coefficient (Wildman–Crippen LogP) is 0.533. The molecule has 5 N–H and O–H groups in total. The molecular weight excluding hydrogens is 278 g/mol. The molecule has 1 heterocycles. The summed E-state index contributed by atoms with van der Waals surface area (Å²) in [5.74, 6) is 0. The van der Waals surface area contributed by atoms with E-state index in [2.05, 4.69) is 10.4 Å². The van der Waals surface area contributed by atoms with Crippen LogP contribution in [0.25, 0.3) is 0 Å². The van der Waals surface area contributed by atoms with Crippen molar-refractivity contribution in [1.82, 2.24) is 9.78 Å². The van der Waals surface area contributed by atoms with Crippen LogP contribution in [0.1, 0.15) is 5.56 Å². The van der Waals surface area contributed by atoms with Crippen molar-refractivity contribution in [2.45, 2.75) is 18.4 Å². The third-order valence-corrected chi connectivity index (χ3v) is 3.68. The van der Waals surface area contributed by atoms with Crippen LogP contribution in [0.15, 0.2) is 35.5 Å². The number of anilines is 2. The second-order valence-corrected chi connectivity index (χ2v) is 6.06. The summed E-state index contributed by atoms with van der Waals surface area (Å²) < 4.78 is 24.2. The smallest absolute Gasteiger partial charge is 0.238 e. The third kappa shape index (κ3) is 3.49. The van der Waals surface area contributed by atoms with Crippen LogP contribution in [0, 0.1) is 6.92 Å². The molecule has 0 saturated carbocycles. The number of aromatic nitrogens is 2. The molecule has 0 aliphatic heterocycles. The summed E-state index contributed by atoms with van der Waals surface area (Å²) in [5.41, 5.74) is 7.90. The Balaban J connectivity index is 2.00. The number of sulfonamides is 1. The quantitative estimate of drug-likeness (QED) is 0.696. The molecule has 8 heteroatoms. The Morgan fingerprint density at radius 2 is 2.15 bits per heavy atom. The van der Waals surface area contributed by atoms with Crippen molar-refractivity contribution in [2.24, 2.45) is 5.14 Å². The van der Waals surface area contributed by atoms with Crippen molar-refractivity contribution in [1.29, 1.82) is 0 Å². The number of rotatable bonds is 5. The van der Waals surface area contributed by atoms with Crippen molar-refractivity contribution in [2.75, 3.05) is 17.6 Å². The van der Waals surface area contributed by atoms with E-state index in [1.165, 1.54) is 12.1 Å². The summed E-state index contributed by atoms with van der Waals surface area (Å²) in [5, 5.41) is 12.3. The number of nitrogen functional groups attached to an aromatic ring is 1. The molecule has 0 aliphatic rings. The van der Waals surface area contributed by atoms with E-state index in [4.69, 9.17) is 10.9 Å². The van der Waals surface area contributed by atoms with E-state index in [9.17, 15) is 8.42 Å². The molecule has 2 aromatic rings. The summed E-state index contributed by atoms with van der Waals surface area (Å²) in [6, 6.07) is 4.37. The first-order chi connectivity index (χ1) is 9.36. The molecule has 2 rings (SSSR count). The van der Waals surface area contributed by atoms with Gasteiger partial charge in [0.15, 0.2) is 0 Å². The van der Waals surface area contributed by atoms with Gasteiger partial charge in [0.25, 0.3) is 0 Å². The lowest BCUT2D eigenvalue weighted by Gasteiger charge is -2.10. The maximum absolute atomic E-state index is 11.2. The normalized spacial score (nSPS) is 11.5. The molecule has 0 unspecified atom stereocenters. The van der Waals surface area contributed by atoms with E-state index >= 15 is 0 Å². The molecule has 20 heavy (non-hydrogen) atoms. The molecule has 0 spiro atoms. The zero-order valence-electron chi connectivity index (χ0n) is 11.1. The highest BCUT2D eigenvalue weighted by Crippen LogP contribution is 2.21. The fraction of sp³-hybridized carbons (Fsp3) is 0.250. The van der Waals surface area contributed by atoms with E-state index in [0.29, 0.717) is 24.5 Å². The first-order valence-corrected chi connectivity index (χ1v) is 7.56. The van der Waals surface area contributed by atoms with Gasteiger partial charge in [-0.2, -0.15) is 5.10 Å². The van der Waals surface area contributed by atoms with Crippen LogP contribution in [0.2, 0.25) is 0 Å². The number of nitrogens with zero attached hydrogens (tertiary/aromatic N) is 2. The zero-order chi connectivity index (χ0) is 14.8. The molecule has 7 nitrogen and oxygen atoms in total. The van der Waals surface area contributed by atoms with Crippen LogP contribution in [-0.2, 0) is 16.6 Å². The highest BCUT2D eigenvalue weighted by atomic mass is 32.2. The number of nitrogens with two attached hydrogens (primary N) is 2. The Bertz CT molecular complexity index is 708. The average Bonchev–Trinajstić information content (AvgIpc) is 2.76. The third-order valence-electron chi connectivity index (χ3n) is 2.77. The van der Waals surface area contributed by atoms with Gasteiger partial charge in [0.2, 0.25) is 10.0 Å². The van der Waals surface area contributed by atoms with Crippen LogP contribution in [0.3, 0.4) is 0 Å². The van der Waals surface area contributed by atoms with E-state index in [1.54, 1.807) is 12.3 Å². The number of nitrogens with one attached hydrogen (secondary N) is 1. The molecule has 1 aromatic carbocycles. The van der Waals surface area contributed by atoms with Crippen LogP contribution >= 0.6 is 0 Å². The fourth-order valence-corrected chi connectivity index (χ4v) is 2.32. The molecule has 1 aromatic heterocycles. The minimum atomic E-state index is -3.72. The first-order valence-electron chi connectivity index (χ1n) is 6.01. The van der Waals surface area contributed by atoms with Gasteiger partial charge in [-0.3, -0.25) is 4.68 Å². The molecule has 0 saturated heterocycles. The van der Waals surface area contributed by atoms with Gasteiger partial charge in [-0.25, -0.2) is 13.6 Å². The maximum Gasteiger partial charge on any atom is 0.238 e.